The van der Waals surface area contributed by atoms with Crippen molar-refractivity contribution in [1.82, 2.24) is 9.03 Å². The van der Waals surface area contributed by atoms with Crippen LogP contribution in [0.15, 0.2) is 58.3 Å². The van der Waals surface area contributed by atoms with Crippen LogP contribution >= 0.6 is 0 Å². The minimum atomic E-state index is -3.98. The molecule has 1 aliphatic rings. The molecule has 1 saturated heterocycles. The Morgan fingerprint density at radius 2 is 1.69 bits per heavy atom. The first-order valence-corrected chi connectivity index (χ1v) is 13.0. The van der Waals surface area contributed by atoms with Crippen LogP contribution in [-0.2, 0) is 24.8 Å². The van der Waals surface area contributed by atoms with E-state index in [-0.39, 0.29) is 21.3 Å². The van der Waals surface area contributed by atoms with E-state index in [0.717, 1.165) is 19.8 Å². The second kappa shape index (κ2) is 9.39. The van der Waals surface area contributed by atoms with Gasteiger partial charge in [0.25, 0.3) is 15.9 Å². The van der Waals surface area contributed by atoms with Gasteiger partial charge in [0.2, 0.25) is 15.9 Å². The summed E-state index contributed by atoms with van der Waals surface area (Å²) in [5.41, 5.74) is 0.473. The third-order valence-electron chi connectivity index (χ3n) is 5.05. The summed E-state index contributed by atoms with van der Waals surface area (Å²) in [6.45, 7) is 4.01. The zero-order valence-corrected chi connectivity index (χ0v) is 19.4. The van der Waals surface area contributed by atoms with Crippen molar-refractivity contribution >= 4 is 37.5 Å². The Kier molecular flexibility index (Phi) is 7.01. The molecule has 2 aromatic rings. The Balaban J connectivity index is 1.76. The van der Waals surface area contributed by atoms with Crippen LogP contribution in [0.5, 0.6) is 0 Å². The molecule has 0 saturated carbocycles. The lowest BCUT2D eigenvalue weighted by molar-refractivity contribution is -0.117. The van der Waals surface area contributed by atoms with Gasteiger partial charge in [0, 0.05) is 31.3 Å². The summed E-state index contributed by atoms with van der Waals surface area (Å²) in [7, 11) is -7.68. The number of anilines is 1. The predicted molar refractivity (Wildman–Crippen MR) is 119 cm³/mol. The van der Waals surface area contributed by atoms with Gasteiger partial charge in [-0.3, -0.25) is 9.59 Å². The summed E-state index contributed by atoms with van der Waals surface area (Å²) in [5.74, 6) is -0.967. The van der Waals surface area contributed by atoms with Crippen LogP contribution in [0.25, 0.3) is 0 Å². The predicted octanol–water partition coefficient (Wildman–Crippen LogP) is 2.18. The third-order valence-corrected chi connectivity index (χ3v) is 8.36. The van der Waals surface area contributed by atoms with Crippen molar-refractivity contribution in [2.45, 2.75) is 36.5 Å². The average molecular weight is 480 g/mol. The lowest BCUT2D eigenvalue weighted by Gasteiger charge is -2.30. The minimum absolute atomic E-state index is 0.0519. The second-order valence-electron chi connectivity index (χ2n) is 7.78. The number of carbonyl (C=O) groups excluding carboxylic acids is 2. The maximum atomic E-state index is 13.0. The zero-order valence-electron chi connectivity index (χ0n) is 17.7. The fourth-order valence-corrected chi connectivity index (χ4v) is 6.12. The van der Waals surface area contributed by atoms with Crippen LogP contribution in [0.4, 0.5) is 5.69 Å². The van der Waals surface area contributed by atoms with Gasteiger partial charge in [-0.05, 0) is 61.2 Å². The van der Waals surface area contributed by atoms with Gasteiger partial charge < -0.3 is 5.32 Å². The fraction of sp³-hybridized carbons (Fsp3) is 0.333. The molecular formula is C21H25N3O6S2. The summed E-state index contributed by atoms with van der Waals surface area (Å²) >= 11 is 0. The van der Waals surface area contributed by atoms with E-state index in [2.05, 4.69) is 5.32 Å². The molecule has 2 N–H and O–H groups in total. The molecule has 0 aliphatic carbocycles. The first kappa shape index (κ1) is 23.9. The molecule has 32 heavy (non-hydrogen) atoms. The van der Waals surface area contributed by atoms with Gasteiger partial charge in [0.15, 0.2) is 0 Å². The molecule has 11 heteroatoms. The fourth-order valence-electron chi connectivity index (χ4n) is 3.48. The van der Waals surface area contributed by atoms with Crippen LogP contribution in [0, 0.1) is 5.92 Å². The molecule has 1 fully saturated rings. The molecule has 2 amide bonds. The topological polar surface area (TPSA) is 130 Å². The summed E-state index contributed by atoms with van der Waals surface area (Å²) in [6.07, 6.45) is 1.79. The Labute approximate surface area is 187 Å². The smallest absolute Gasteiger partial charge is 0.264 e. The summed E-state index contributed by atoms with van der Waals surface area (Å²) in [6, 6.07) is 11.1. The number of benzene rings is 2. The molecule has 0 spiro atoms. The van der Waals surface area contributed by atoms with Gasteiger partial charge in [-0.15, -0.1) is 0 Å². The van der Waals surface area contributed by atoms with Crippen molar-refractivity contribution in [3.63, 3.8) is 0 Å². The number of piperidine rings is 1. The summed E-state index contributed by atoms with van der Waals surface area (Å²) in [5, 5.41) is 2.61. The van der Waals surface area contributed by atoms with Crippen LogP contribution in [0.1, 0.15) is 37.0 Å². The molecule has 9 nitrogen and oxygen atoms in total. The van der Waals surface area contributed by atoms with Crippen molar-refractivity contribution in [3.05, 3.63) is 54.1 Å². The van der Waals surface area contributed by atoms with Crippen LogP contribution < -0.4 is 10.0 Å². The van der Waals surface area contributed by atoms with Crippen LogP contribution in [-0.4, -0.2) is 46.0 Å². The number of carbonyl (C=O) groups is 2. The van der Waals surface area contributed by atoms with E-state index < -0.39 is 31.9 Å². The van der Waals surface area contributed by atoms with E-state index in [1.807, 2.05) is 11.6 Å². The molecule has 1 heterocycles. The van der Waals surface area contributed by atoms with Gasteiger partial charge in [-0.2, -0.15) is 4.31 Å². The van der Waals surface area contributed by atoms with Gasteiger partial charge in [-0.1, -0.05) is 13.0 Å². The molecule has 1 aliphatic heterocycles. The second-order valence-corrected chi connectivity index (χ2v) is 11.4. The highest BCUT2D eigenvalue weighted by molar-refractivity contribution is 7.90. The van der Waals surface area contributed by atoms with Crippen molar-refractivity contribution < 1.29 is 26.4 Å². The van der Waals surface area contributed by atoms with E-state index in [4.69, 9.17) is 0 Å². The zero-order chi connectivity index (χ0) is 23.5. The standard InChI is InChI=1S/C21H25N3O6S2/c1-15-5-4-12-24(14-15)32(29,30)20-7-3-6-17(13-20)21(26)22-18-8-10-19(11-9-18)31(27,28)23-16(2)25/h3,6-11,13,15H,4-5,12,14H2,1-2H3,(H,22,26)(H,23,25). The summed E-state index contributed by atoms with van der Waals surface area (Å²) in [4.78, 5) is 23.6. The number of sulfonamides is 2. The van der Waals surface area contributed by atoms with Gasteiger partial charge in [0.05, 0.1) is 9.79 Å². The Bertz CT molecular complexity index is 1220. The Morgan fingerprint density at radius 1 is 1.00 bits per heavy atom. The van der Waals surface area contributed by atoms with E-state index in [1.165, 1.54) is 52.8 Å². The lowest BCUT2D eigenvalue weighted by Crippen LogP contribution is -2.39. The lowest BCUT2D eigenvalue weighted by atomic mass is 10.0. The molecule has 0 bridgehead atoms. The molecule has 0 aromatic heterocycles. The molecular weight excluding hydrogens is 454 g/mol. The quantitative estimate of drug-likeness (QED) is 0.653. The van der Waals surface area contributed by atoms with Crippen molar-refractivity contribution in [2.75, 3.05) is 18.4 Å². The van der Waals surface area contributed by atoms with Gasteiger partial charge in [0.1, 0.15) is 0 Å². The third kappa shape index (κ3) is 5.53. The first-order chi connectivity index (χ1) is 15.0. The largest absolute Gasteiger partial charge is 0.322 e. The van der Waals surface area contributed by atoms with Crippen molar-refractivity contribution in [3.8, 4) is 0 Å². The minimum Gasteiger partial charge on any atom is -0.322 e. The summed E-state index contributed by atoms with van der Waals surface area (Å²) < 4.78 is 53.3. The van der Waals surface area contributed by atoms with E-state index in [0.29, 0.717) is 18.8 Å². The molecule has 1 unspecified atom stereocenters. The highest BCUT2D eigenvalue weighted by atomic mass is 32.2. The molecule has 172 valence electrons. The normalized spacial score (nSPS) is 17.5. The van der Waals surface area contributed by atoms with Crippen molar-refractivity contribution in [1.29, 1.82) is 0 Å². The van der Waals surface area contributed by atoms with Crippen LogP contribution in [0.3, 0.4) is 0 Å². The highest BCUT2D eigenvalue weighted by Crippen LogP contribution is 2.24. The Morgan fingerprint density at radius 3 is 2.31 bits per heavy atom. The Hall–Kier alpha value is -2.76. The highest BCUT2D eigenvalue weighted by Gasteiger charge is 2.29. The van der Waals surface area contributed by atoms with Crippen LogP contribution in [0.2, 0.25) is 0 Å². The van der Waals surface area contributed by atoms with E-state index in [1.54, 1.807) is 0 Å². The maximum Gasteiger partial charge on any atom is 0.264 e. The van der Waals surface area contributed by atoms with E-state index in [9.17, 15) is 26.4 Å². The maximum absolute atomic E-state index is 13.0. The van der Waals surface area contributed by atoms with Crippen molar-refractivity contribution in [2.24, 2.45) is 5.92 Å². The number of nitrogens with zero attached hydrogens (tertiary/aromatic N) is 1. The molecule has 2 aromatic carbocycles. The van der Waals surface area contributed by atoms with Gasteiger partial charge in [-0.25, -0.2) is 21.6 Å². The number of nitrogens with one attached hydrogen (secondary N) is 2. The first-order valence-electron chi connectivity index (χ1n) is 10.0. The SMILES string of the molecule is CC(=O)NS(=O)(=O)c1ccc(NC(=O)c2cccc(S(=O)(=O)N3CCCC(C)C3)c2)cc1. The number of hydrogen-bond donors (Lipinski definition) is 2. The molecule has 0 radical (unpaired) electrons. The monoisotopic (exact) mass is 479 g/mol. The number of rotatable bonds is 6. The number of amides is 2. The average Bonchev–Trinajstić information content (AvgIpc) is 2.73. The molecule has 1 atom stereocenters. The van der Waals surface area contributed by atoms with Gasteiger partial charge >= 0.3 is 0 Å². The van der Waals surface area contributed by atoms with E-state index >= 15 is 0 Å². The number of hydrogen-bond acceptors (Lipinski definition) is 6. The molecule has 3 rings (SSSR count).